The van der Waals surface area contributed by atoms with Crippen molar-refractivity contribution in [2.45, 2.75) is 13.3 Å². The van der Waals surface area contributed by atoms with Gasteiger partial charge in [0.1, 0.15) is 5.69 Å². The summed E-state index contributed by atoms with van der Waals surface area (Å²) in [4.78, 5) is 27.0. The average molecular weight is 489 g/mol. The van der Waals surface area contributed by atoms with Crippen LogP contribution >= 0.6 is 11.6 Å². The van der Waals surface area contributed by atoms with Crippen LogP contribution in [0.2, 0.25) is 5.02 Å². The van der Waals surface area contributed by atoms with Crippen LogP contribution in [0.25, 0.3) is 0 Å². The average Bonchev–Trinajstić information content (AvgIpc) is 2.85. The highest BCUT2D eigenvalue weighted by Crippen LogP contribution is 2.30. The molecule has 1 fully saturated rings. The van der Waals surface area contributed by atoms with E-state index in [0.717, 1.165) is 45.0 Å². The maximum atomic E-state index is 12.4. The Morgan fingerprint density at radius 3 is 2.59 bits per heavy atom. The minimum absolute atomic E-state index is 0.0135. The number of hydrogen-bond donors (Lipinski definition) is 1. The summed E-state index contributed by atoms with van der Waals surface area (Å²) in [6.07, 6.45) is 0.913. The van der Waals surface area contributed by atoms with Crippen molar-refractivity contribution in [3.63, 3.8) is 0 Å². The normalized spacial score (nSPS) is 14.3. The number of amides is 1. The number of halogens is 1. The first-order valence-electron chi connectivity index (χ1n) is 11.2. The van der Waals surface area contributed by atoms with Gasteiger partial charge in [-0.15, -0.1) is 5.11 Å². The third-order valence-corrected chi connectivity index (χ3v) is 5.73. The number of nitrogens with zero attached hydrogens (tertiary/aromatic N) is 5. The smallest absolute Gasteiger partial charge is 0.271 e. The topological polar surface area (TPSA) is 113 Å². The second kappa shape index (κ2) is 13.0. The fourth-order valence-electron chi connectivity index (χ4n) is 3.50. The number of non-ortho nitro benzene ring substituents is 1. The van der Waals surface area contributed by atoms with Gasteiger partial charge in [0.25, 0.3) is 5.69 Å². The van der Waals surface area contributed by atoms with Gasteiger partial charge in [-0.05, 0) is 50.2 Å². The van der Waals surface area contributed by atoms with Gasteiger partial charge < -0.3 is 15.0 Å². The molecule has 182 valence electrons. The van der Waals surface area contributed by atoms with Crippen molar-refractivity contribution in [2.24, 2.45) is 10.2 Å². The zero-order chi connectivity index (χ0) is 24.3. The van der Waals surface area contributed by atoms with E-state index in [1.165, 1.54) is 18.2 Å². The lowest BCUT2D eigenvalue weighted by Crippen LogP contribution is -2.40. The third-order valence-electron chi connectivity index (χ3n) is 5.42. The first-order valence-corrected chi connectivity index (χ1v) is 11.6. The highest BCUT2D eigenvalue weighted by Gasteiger charge is 2.12. The molecule has 2 aromatic carbocycles. The van der Waals surface area contributed by atoms with Gasteiger partial charge in [0.15, 0.2) is 0 Å². The summed E-state index contributed by atoms with van der Waals surface area (Å²) in [5, 5.41) is 22.2. The van der Waals surface area contributed by atoms with E-state index in [1.807, 2.05) is 24.0 Å². The number of azo groups is 1. The molecule has 0 saturated carbocycles. The molecule has 1 aliphatic heterocycles. The number of carbonyl (C=O) groups is 1. The molecule has 0 aromatic heterocycles. The highest BCUT2D eigenvalue weighted by molar-refractivity contribution is 6.33. The highest BCUT2D eigenvalue weighted by atomic mass is 35.5. The Hall–Kier alpha value is -3.08. The Labute approximate surface area is 203 Å². The summed E-state index contributed by atoms with van der Waals surface area (Å²) < 4.78 is 5.35. The second-order valence-electron chi connectivity index (χ2n) is 7.78. The van der Waals surface area contributed by atoms with Gasteiger partial charge in [-0.1, -0.05) is 11.6 Å². The lowest BCUT2D eigenvalue weighted by atomic mass is 10.2. The van der Waals surface area contributed by atoms with E-state index in [1.54, 1.807) is 12.1 Å². The minimum atomic E-state index is -0.517. The predicted molar refractivity (Wildman–Crippen MR) is 131 cm³/mol. The molecule has 3 rings (SSSR count). The number of benzene rings is 2. The standard InChI is InChI=1S/C23H29ClN6O4/c1-2-29(17-23(31)25-10-3-11-28-12-14-34-15-13-28)19-6-4-18(5-7-19)26-27-22-9-8-20(30(32)33)16-21(22)24/h4-9,16H,2-3,10-15,17H2,1H3,(H,25,31)/b27-26+. The van der Waals surface area contributed by atoms with E-state index in [2.05, 4.69) is 20.4 Å². The molecule has 0 bridgehead atoms. The van der Waals surface area contributed by atoms with Gasteiger partial charge in [-0.25, -0.2) is 0 Å². The first-order chi connectivity index (χ1) is 16.5. The SMILES string of the molecule is CCN(CC(=O)NCCCN1CCOCC1)c1ccc(/N=N/c2ccc([N+](=O)[O-])cc2Cl)cc1. The van der Waals surface area contributed by atoms with E-state index in [9.17, 15) is 14.9 Å². The van der Waals surface area contributed by atoms with Crippen LogP contribution in [0.4, 0.5) is 22.7 Å². The molecule has 1 saturated heterocycles. The molecule has 2 aromatic rings. The van der Waals surface area contributed by atoms with Crippen molar-refractivity contribution >= 4 is 40.3 Å². The zero-order valence-corrected chi connectivity index (χ0v) is 19.9. The number of morpholine rings is 1. The Bertz CT molecular complexity index is 995. The second-order valence-corrected chi connectivity index (χ2v) is 8.19. The molecule has 0 radical (unpaired) electrons. The Balaban J connectivity index is 1.48. The summed E-state index contributed by atoms with van der Waals surface area (Å²) in [5.41, 5.74) is 1.74. The third kappa shape index (κ3) is 7.75. The van der Waals surface area contributed by atoms with Crippen LogP contribution in [0.5, 0.6) is 0 Å². The van der Waals surface area contributed by atoms with Crippen molar-refractivity contribution in [2.75, 3.05) is 57.4 Å². The van der Waals surface area contributed by atoms with Crippen molar-refractivity contribution in [1.82, 2.24) is 10.2 Å². The maximum absolute atomic E-state index is 12.4. The Kier molecular flexibility index (Phi) is 9.75. The lowest BCUT2D eigenvalue weighted by molar-refractivity contribution is -0.384. The number of nitro groups is 1. The van der Waals surface area contributed by atoms with Crippen molar-refractivity contribution in [3.05, 3.63) is 57.6 Å². The van der Waals surface area contributed by atoms with Crippen LogP contribution in [0.3, 0.4) is 0 Å². The zero-order valence-electron chi connectivity index (χ0n) is 19.2. The molecule has 0 atom stereocenters. The molecule has 0 unspecified atom stereocenters. The fourth-order valence-corrected chi connectivity index (χ4v) is 3.71. The Morgan fingerprint density at radius 1 is 1.21 bits per heavy atom. The predicted octanol–water partition coefficient (Wildman–Crippen LogP) is 4.33. The molecule has 1 amide bonds. The minimum Gasteiger partial charge on any atom is -0.379 e. The summed E-state index contributed by atoms with van der Waals surface area (Å²) in [6.45, 7) is 8.03. The number of nitro benzene ring substituents is 1. The van der Waals surface area contributed by atoms with E-state index in [0.29, 0.717) is 24.5 Å². The van der Waals surface area contributed by atoms with Crippen LogP contribution in [0.15, 0.2) is 52.7 Å². The molecular formula is C23H29ClN6O4. The fraction of sp³-hybridized carbons (Fsp3) is 0.435. The maximum Gasteiger partial charge on any atom is 0.271 e. The van der Waals surface area contributed by atoms with Crippen molar-refractivity contribution < 1.29 is 14.5 Å². The molecule has 0 spiro atoms. The van der Waals surface area contributed by atoms with E-state index < -0.39 is 4.92 Å². The number of hydrogen-bond acceptors (Lipinski definition) is 8. The van der Waals surface area contributed by atoms with E-state index >= 15 is 0 Å². The molecular weight excluding hydrogens is 460 g/mol. The number of likely N-dealkylation sites (N-methyl/N-ethyl adjacent to an activating group) is 1. The molecule has 1 N–H and O–H groups in total. The van der Waals surface area contributed by atoms with Crippen molar-refractivity contribution in [3.8, 4) is 0 Å². The molecule has 1 heterocycles. The monoisotopic (exact) mass is 488 g/mol. The summed E-state index contributed by atoms with van der Waals surface area (Å²) in [5.74, 6) is -0.0135. The largest absolute Gasteiger partial charge is 0.379 e. The number of rotatable bonds is 11. The number of carbonyl (C=O) groups excluding carboxylic acids is 1. The van der Waals surface area contributed by atoms with Gasteiger partial charge in [0.05, 0.1) is 35.4 Å². The van der Waals surface area contributed by atoms with Crippen LogP contribution in [-0.4, -0.2) is 68.2 Å². The van der Waals surface area contributed by atoms with Crippen LogP contribution < -0.4 is 10.2 Å². The Morgan fingerprint density at radius 2 is 1.94 bits per heavy atom. The molecule has 11 heteroatoms. The van der Waals surface area contributed by atoms with Gasteiger partial charge >= 0.3 is 0 Å². The quantitative estimate of drug-likeness (QED) is 0.218. The van der Waals surface area contributed by atoms with Crippen LogP contribution in [0, 0.1) is 10.1 Å². The van der Waals surface area contributed by atoms with Crippen LogP contribution in [0.1, 0.15) is 13.3 Å². The number of nitrogens with one attached hydrogen (secondary N) is 1. The van der Waals surface area contributed by atoms with E-state index in [4.69, 9.17) is 16.3 Å². The molecule has 0 aliphatic carbocycles. The van der Waals surface area contributed by atoms with Gasteiger partial charge in [0, 0.05) is 44.0 Å². The van der Waals surface area contributed by atoms with Crippen molar-refractivity contribution in [1.29, 1.82) is 0 Å². The van der Waals surface area contributed by atoms with Gasteiger partial charge in [-0.3, -0.25) is 19.8 Å². The summed E-state index contributed by atoms with van der Waals surface area (Å²) in [6, 6.07) is 11.4. The van der Waals surface area contributed by atoms with Crippen LogP contribution in [-0.2, 0) is 9.53 Å². The van der Waals surface area contributed by atoms with Gasteiger partial charge in [0.2, 0.25) is 5.91 Å². The number of anilines is 1. The molecule has 34 heavy (non-hydrogen) atoms. The molecule has 10 nitrogen and oxygen atoms in total. The first kappa shape index (κ1) is 25.5. The summed E-state index contributed by atoms with van der Waals surface area (Å²) in [7, 11) is 0. The number of ether oxygens (including phenoxy) is 1. The van der Waals surface area contributed by atoms with Gasteiger partial charge in [-0.2, -0.15) is 5.11 Å². The van der Waals surface area contributed by atoms with E-state index in [-0.39, 0.29) is 23.2 Å². The lowest BCUT2D eigenvalue weighted by Gasteiger charge is -2.26. The molecule has 1 aliphatic rings. The summed E-state index contributed by atoms with van der Waals surface area (Å²) >= 11 is 6.05.